The van der Waals surface area contributed by atoms with E-state index < -0.39 is 0 Å². The van der Waals surface area contributed by atoms with E-state index in [1.165, 1.54) is 11.3 Å². The molecule has 1 aromatic carbocycles. The third kappa shape index (κ3) is 2.34. The van der Waals surface area contributed by atoms with E-state index in [2.05, 4.69) is 4.98 Å². The molecule has 0 atom stereocenters. The van der Waals surface area contributed by atoms with Crippen molar-refractivity contribution in [3.63, 3.8) is 0 Å². The van der Waals surface area contributed by atoms with Gasteiger partial charge < -0.3 is 10.5 Å². The van der Waals surface area contributed by atoms with Crippen LogP contribution >= 0.6 is 11.3 Å². The number of aromatic nitrogens is 1. The maximum Gasteiger partial charge on any atom is 0.278 e. The normalized spacial score (nSPS) is 10.3. The number of benzene rings is 1. The van der Waals surface area contributed by atoms with Gasteiger partial charge in [-0.05, 0) is 24.1 Å². The second-order valence-corrected chi connectivity index (χ2v) is 4.06. The molecule has 2 rings (SSSR count). The summed E-state index contributed by atoms with van der Waals surface area (Å²) in [5.74, 6) is 0.827. The van der Waals surface area contributed by atoms with E-state index in [0.29, 0.717) is 11.7 Å². The molecule has 1 heterocycles. The number of hydrogen-bond acceptors (Lipinski definition) is 4. The number of aryl methyl sites for hydroxylation is 1. The third-order valence-corrected chi connectivity index (χ3v) is 2.74. The largest absolute Gasteiger partial charge is 0.431 e. The molecule has 0 saturated carbocycles. The van der Waals surface area contributed by atoms with Crippen molar-refractivity contribution in [2.24, 2.45) is 5.73 Å². The Morgan fingerprint density at radius 1 is 1.47 bits per heavy atom. The van der Waals surface area contributed by atoms with Crippen molar-refractivity contribution in [2.45, 2.75) is 13.5 Å². The molecule has 4 heteroatoms. The zero-order valence-electron chi connectivity index (χ0n) is 8.43. The van der Waals surface area contributed by atoms with Gasteiger partial charge in [-0.15, -0.1) is 0 Å². The quantitative estimate of drug-likeness (QED) is 0.865. The zero-order chi connectivity index (χ0) is 10.7. The van der Waals surface area contributed by atoms with Crippen LogP contribution in [0.15, 0.2) is 29.8 Å². The Bertz CT molecular complexity index is 440. The summed E-state index contributed by atoms with van der Waals surface area (Å²) in [6, 6.07) is 5.96. The monoisotopic (exact) mass is 220 g/mol. The van der Waals surface area contributed by atoms with E-state index in [4.69, 9.17) is 10.5 Å². The molecule has 0 amide bonds. The van der Waals surface area contributed by atoms with E-state index >= 15 is 0 Å². The molecule has 0 spiro atoms. The Labute approximate surface area is 92.5 Å². The van der Waals surface area contributed by atoms with Crippen molar-refractivity contribution < 1.29 is 4.74 Å². The maximum absolute atomic E-state index is 5.64. The number of nitrogens with two attached hydrogens (primary N) is 1. The number of nitrogens with zero attached hydrogens (tertiary/aromatic N) is 1. The molecule has 2 aromatic rings. The van der Waals surface area contributed by atoms with Crippen molar-refractivity contribution in [3.05, 3.63) is 40.9 Å². The second-order valence-electron chi connectivity index (χ2n) is 3.20. The van der Waals surface area contributed by atoms with Gasteiger partial charge in [0.05, 0.1) is 0 Å². The third-order valence-electron chi connectivity index (χ3n) is 2.10. The lowest BCUT2D eigenvalue weighted by Crippen LogP contribution is -1.97. The Morgan fingerprint density at radius 2 is 2.33 bits per heavy atom. The van der Waals surface area contributed by atoms with Gasteiger partial charge in [0.15, 0.2) is 0 Å². The average molecular weight is 220 g/mol. The summed E-state index contributed by atoms with van der Waals surface area (Å²) < 4.78 is 5.64. The molecule has 0 aliphatic rings. The fourth-order valence-corrected chi connectivity index (χ4v) is 1.73. The highest BCUT2D eigenvalue weighted by atomic mass is 32.1. The molecule has 2 N–H and O–H groups in total. The Balaban J connectivity index is 2.27. The van der Waals surface area contributed by atoms with E-state index in [0.717, 1.165) is 16.9 Å². The predicted octanol–water partition coefficient (Wildman–Crippen LogP) is 2.70. The summed E-state index contributed by atoms with van der Waals surface area (Å²) in [7, 11) is 0. The number of hydrogen-bond donors (Lipinski definition) is 1. The maximum atomic E-state index is 5.64. The van der Waals surface area contributed by atoms with Crippen LogP contribution in [0.3, 0.4) is 0 Å². The van der Waals surface area contributed by atoms with Crippen LogP contribution in [0.25, 0.3) is 0 Å². The highest BCUT2D eigenvalue weighted by molar-refractivity contribution is 7.11. The van der Waals surface area contributed by atoms with Gasteiger partial charge >= 0.3 is 0 Å². The first-order valence-corrected chi connectivity index (χ1v) is 5.54. The highest BCUT2D eigenvalue weighted by Crippen LogP contribution is 2.27. The lowest BCUT2D eigenvalue weighted by Gasteiger charge is -2.07. The molecule has 3 nitrogen and oxygen atoms in total. The fraction of sp³-hybridized carbons (Fsp3) is 0.182. The fourth-order valence-electron chi connectivity index (χ4n) is 1.24. The smallest absolute Gasteiger partial charge is 0.278 e. The molecule has 0 radical (unpaired) electrons. The van der Waals surface area contributed by atoms with Gasteiger partial charge in [0, 0.05) is 18.1 Å². The molecule has 0 fully saturated rings. The zero-order valence-corrected chi connectivity index (χ0v) is 9.25. The van der Waals surface area contributed by atoms with E-state index in [-0.39, 0.29) is 0 Å². The van der Waals surface area contributed by atoms with Crippen LogP contribution in [0.1, 0.15) is 11.1 Å². The Morgan fingerprint density at radius 3 is 3.00 bits per heavy atom. The minimum Gasteiger partial charge on any atom is -0.431 e. The van der Waals surface area contributed by atoms with Gasteiger partial charge in [-0.1, -0.05) is 23.5 Å². The lowest BCUT2D eigenvalue weighted by atomic mass is 10.1. The van der Waals surface area contributed by atoms with Crippen molar-refractivity contribution >= 4 is 11.3 Å². The average Bonchev–Trinajstić information content (AvgIpc) is 2.74. The SMILES string of the molecule is Cc1ccc(CN)cc1Oc1nccs1. The Hall–Kier alpha value is -1.39. The molecule has 0 aliphatic heterocycles. The first-order valence-electron chi connectivity index (χ1n) is 4.66. The van der Waals surface area contributed by atoms with Gasteiger partial charge in [-0.2, -0.15) is 0 Å². The van der Waals surface area contributed by atoms with Crippen LogP contribution in [0, 0.1) is 6.92 Å². The van der Waals surface area contributed by atoms with Crippen molar-refractivity contribution in [3.8, 4) is 10.9 Å². The number of rotatable bonds is 3. The number of ether oxygens (including phenoxy) is 1. The summed E-state index contributed by atoms with van der Waals surface area (Å²) in [6.45, 7) is 2.53. The lowest BCUT2D eigenvalue weighted by molar-refractivity contribution is 0.474. The van der Waals surface area contributed by atoms with Gasteiger partial charge in [0.25, 0.3) is 5.19 Å². The van der Waals surface area contributed by atoms with E-state index in [1.807, 2.05) is 30.5 Å². The molecule has 0 bridgehead atoms. The van der Waals surface area contributed by atoms with Crippen molar-refractivity contribution in [1.82, 2.24) is 4.98 Å². The minimum absolute atomic E-state index is 0.522. The van der Waals surface area contributed by atoms with Gasteiger partial charge in [-0.25, -0.2) is 4.98 Å². The standard InChI is InChI=1S/C11H12N2OS/c1-8-2-3-9(7-12)6-10(8)14-11-13-4-5-15-11/h2-6H,7,12H2,1H3. The molecule has 0 aliphatic carbocycles. The van der Waals surface area contributed by atoms with E-state index in [9.17, 15) is 0 Å². The van der Waals surface area contributed by atoms with Gasteiger partial charge in [0.1, 0.15) is 5.75 Å². The number of thiazole rings is 1. The first-order chi connectivity index (χ1) is 7.29. The van der Waals surface area contributed by atoms with Crippen LogP contribution < -0.4 is 10.5 Å². The van der Waals surface area contributed by atoms with E-state index in [1.54, 1.807) is 6.20 Å². The van der Waals surface area contributed by atoms with Crippen LogP contribution in [0.5, 0.6) is 10.9 Å². The molecule has 15 heavy (non-hydrogen) atoms. The molecular formula is C11H12N2OS. The molecule has 78 valence electrons. The highest BCUT2D eigenvalue weighted by Gasteiger charge is 2.03. The molecule has 0 unspecified atom stereocenters. The van der Waals surface area contributed by atoms with Crippen LogP contribution in [0.4, 0.5) is 0 Å². The van der Waals surface area contributed by atoms with Crippen LogP contribution in [0.2, 0.25) is 0 Å². The topological polar surface area (TPSA) is 48.1 Å². The van der Waals surface area contributed by atoms with Crippen molar-refractivity contribution in [1.29, 1.82) is 0 Å². The predicted molar refractivity (Wildman–Crippen MR) is 61.3 cm³/mol. The Kier molecular flexibility index (Phi) is 2.99. The summed E-state index contributed by atoms with van der Waals surface area (Å²) in [5.41, 5.74) is 7.72. The van der Waals surface area contributed by atoms with Crippen LogP contribution in [-0.2, 0) is 6.54 Å². The second kappa shape index (κ2) is 4.42. The summed E-state index contributed by atoms with van der Waals surface area (Å²) in [5, 5.41) is 2.55. The van der Waals surface area contributed by atoms with Gasteiger partial charge in [-0.3, -0.25) is 0 Å². The van der Waals surface area contributed by atoms with Crippen molar-refractivity contribution in [2.75, 3.05) is 0 Å². The molecular weight excluding hydrogens is 208 g/mol. The molecule has 1 aromatic heterocycles. The van der Waals surface area contributed by atoms with Gasteiger partial charge in [0.2, 0.25) is 0 Å². The first kappa shape index (κ1) is 10.1. The molecule has 0 saturated heterocycles. The summed E-state index contributed by atoms with van der Waals surface area (Å²) in [6.07, 6.45) is 1.72. The summed E-state index contributed by atoms with van der Waals surface area (Å²) >= 11 is 1.48. The summed E-state index contributed by atoms with van der Waals surface area (Å²) in [4.78, 5) is 4.07. The minimum atomic E-state index is 0.522. The van der Waals surface area contributed by atoms with Crippen LogP contribution in [-0.4, -0.2) is 4.98 Å².